The van der Waals surface area contributed by atoms with E-state index in [1.807, 2.05) is 62.5 Å². The van der Waals surface area contributed by atoms with Gasteiger partial charge in [-0.15, -0.1) is 0 Å². The lowest BCUT2D eigenvalue weighted by Crippen LogP contribution is -2.49. The van der Waals surface area contributed by atoms with Crippen molar-refractivity contribution in [1.29, 1.82) is 0 Å². The normalized spacial score (nSPS) is 12.4. The van der Waals surface area contributed by atoms with Crippen LogP contribution in [-0.2, 0) is 4.65 Å². The summed E-state index contributed by atoms with van der Waals surface area (Å²) in [5, 5.41) is 12.5. The van der Waals surface area contributed by atoms with Crippen LogP contribution in [0.2, 0.25) is 0 Å². The molecule has 4 heteroatoms. The van der Waals surface area contributed by atoms with Crippen molar-refractivity contribution in [3.63, 3.8) is 0 Å². The molecule has 3 rings (SSSR count). The average Bonchev–Trinajstić information content (AvgIpc) is 2.59. The zero-order valence-corrected chi connectivity index (χ0v) is 15.2. The number of aromatic nitrogens is 1. The lowest BCUT2D eigenvalue weighted by Gasteiger charge is -2.37. The molecule has 0 aliphatic heterocycles. The van der Waals surface area contributed by atoms with E-state index in [1.54, 1.807) is 21.3 Å². The van der Waals surface area contributed by atoms with Gasteiger partial charge in [-0.2, -0.15) is 0 Å². The molecular weight excluding hydrogens is 309 g/mol. The summed E-state index contributed by atoms with van der Waals surface area (Å²) >= 11 is 0. The second-order valence-electron chi connectivity index (χ2n) is 7.31. The van der Waals surface area contributed by atoms with Crippen molar-refractivity contribution >= 4 is 23.7 Å². The summed E-state index contributed by atoms with van der Waals surface area (Å²) in [4.78, 5) is 4.55. The highest BCUT2D eigenvalue weighted by atomic mass is 16.5. The van der Waals surface area contributed by atoms with Crippen LogP contribution in [0.25, 0.3) is 22.0 Å². The fourth-order valence-electron chi connectivity index (χ4n) is 2.43. The van der Waals surface area contributed by atoms with E-state index in [-0.39, 0.29) is 0 Å². The maximum Gasteiger partial charge on any atom is 0.330 e. The zero-order chi connectivity index (χ0) is 18.1. The number of nitrogens with zero attached hydrogens (tertiary/aromatic N) is 1. The van der Waals surface area contributed by atoms with Crippen LogP contribution in [0.1, 0.15) is 27.7 Å². The summed E-state index contributed by atoms with van der Waals surface area (Å²) in [5.74, 6) is 0. The van der Waals surface area contributed by atoms with Crippen molar-refractivity contribution in [2.75, 3.05) is 0 Å². The van der Waals surface area contributed by atoms with Crippen LogP contribution in [0.5, 0.6) is 0 Å². The van der Waals surface area contributed by atoms with E-state index in [1.165, 1.54) is 5.39 Å². The fraction of sp³-hybridized carbons (Fsp3) is 0.286. The molecule has 0 saturated carbocycles. The Balaban J connectivity index is 1.81. The molecule has 0 spiro atoms. The Bertz CT molecular complexity index is 862. The Labute approximate surface area is 150 Å². The van der Waals surface area contributed by atoms with Crippen molar-refractivity contribution in [3.8, 4) is 11.3 Å². The highest BCUT2D eigenvalue weighted by Crippen LogP contribution is 2.26. The molecule has 0 atom stereocenters. The van der Waals surface area contributed by atoms with Gasteiger partial charge in [-0.3, -0.25) is 4.98 Å². The number of hydrogen-bond acceptors (Lipinski definition) is 3. The number of hydrogen-bond donors (Lipinski definition) is 1. The lowest BCUT2D eigenvalue weighted by atomic mass is 9.82. The molecule has 3 aromatic rings. The maximum atomic E-state index is 10.2. The largest absolute Gasteiger partial charge is 0.427 e. The number of rotatable bonds is 5. The Kier molecular flexibility index (Phi) is 4.68. The second-order valence-corrected chi connectivity index (χ2v) is 7.31. The van der Waals surface area contributed by atoms with Crippen LogP contribution in [0.3, 0.4) is 0 Å². The first-order chi connectivity index (χ1) is 11.8. The zero-order valence-electron chi connectivity index (χ0n) is 15.2. The van der Waals surface area contributed by atoms with Gasteiger partial charge in [-0.25, -0.2) is 0 Å². The molecule has 1 aromatic heterocycles. The van der Waals surface area contributed by atoms with Crippen molar-refractivity contribution in [2.24, 2.45) is 0 Å². The van der Waals surface area contributed by atoms with Gasteiger partial charge in [-0.1, -0.05) is 54.0 Å². The minimum Gasteiger partial charge on any atom is -0.427 e. The molecule has 0 unspecified atom stereocenters. The number of pyridine rings is 1. The van der Waals surface area contributed by atoms with Gasteiger partial charge >= 0.3 is 7.48 Å². The predicted molar refractivity (Wildman–Crippen MR) is 104 cm³/mol. The Morgan fingerprint density at radius 2 is 1.60 bits per heavy atom. The minimum atomic E-state index is -0.934. The highest BCUT2D eigenvalue weighted by Gasteiger charge is 2.35. The van der Waals surface area contributed by atoms with Crippen LogP contribution in [0.4, 0.5) is 0 Å². The van der Waals surface area contributed by atoms with Crippen molar-refractivity contribution < 1.29 is 9.76 Å². The average molecular weight is 332 g/mol. The van der Waals surface area contributed by atoms with Gasteiger partial charge in [-0.05, 0) is 39.1 Å². The standard InChI is InChI=1S/C21H23BNO2/c1-20(2,24)21(3,4)25-22-17-11-9-16(10-12-17)19-18-8-6-5-7-15(18)13-14-23-19/h5-14,24H,1-4H3. The summed E-state index contributed by atoms with van der Waals surface area (Å²) in [5.41, 5.74) is 1.37. The van der Waals surface area contributed by atoms with Crippen LogP contribution in [0, 0.1) is 0 Å². The number of fused-ring (bicyclic) bond motifs is 1. The highest BCUT2D eigenvalue weighted by molar-refractivity contribution is 6.47. The molecule has 0 amide bonds. The number of benzene rings is 2. The van der Waals surface area contributed by atoms with Crippen LogP contribution in [0.15, 0.2) is 60.8 Å². The summed E-state index contributed by atoms with van der Waals surface area (Å²) in [6.45, 7) is 7.24. The quantitative estimate of drug-likeness (QED) is 0.724. The molecule has 2 aromatic carbocycles. The fourth-order valence-corrected chi connectivity index (χ4v) is 2.43. The molecule has 0 aliphatic carbocycles. The molecule has 3 nitrogen and oxygen atoms in total. The predicted octanol–water partition coefficient (Wildman–Crippen LogP) is 3.71. The molecule has 1 N–H and O–H groups in total. The summed E-state index contributed by atoms with van der Waals surface area (Å²) in [6.07, 6.45) is 1.84. The topological polar surface area (TPSA) is 42.4 Å². The summed E-state index contributed by atoms with van der Waals surface area (Å²) < 4.78 is 5.81. The smallest absolute Gasteiger partial charge is 0.330 e. The van der Waals surface area contributed by atoms with Crippen molar-refractivity contribution in [2.45, 2.75) is 38.9 Å². The van der Waals surface area contributed by atoms with E-state index in [0.717, 1.165) is 22.1 Å². The van der Waals surface area contributed by atoms with Crippen LogP contribution >= 0.6 is 0 Å². The van der Waals surface area contributed by atoms with Crippen LogP contribution < -0.4 is 5.46 Å². The van der Waals surface area contributed by atoms with Gasteiger partial charge in [0.05, 0.1) is 16.9 Å². The third-order valence-corrected chi connectivity index (χ3v) is 4.82. The molecule has 127 valence electrons. The molecular formula is C21H23BNO2. The van der Waals surface area contributed by atoms with Gasteiger partial charge in [0.25, 0.3) is 0 Å². The van der Waals surface area contributed by atoms with Gasteiger partial charge < -0.3 is 9.76 Å². The van der Waals surface area contributed by atoms with E-state index in [9.17, 15) is 5.11 Å². The van der Waals surface area contributed by atoms with E-state index < -0.39 is 11.2 Å². The van der Waals surface area contributed by atoms with Gasteiger partial charge in [0.15, 0.2) is 0 Å². The van der Waals surface area contributed by atoms with E-state index >= 15 is 0 Å². The van der Waals surface area contributed by atoms with Crippen molar-refractivity contribution in [1.82, 2.24) is 4.98 Å². The molecule has 0 saturated heterocycles. The molecule has 0 fully saturated rings. The Hall–Kier alpha value is -2.17. The Morgan fingerprint density at radius 3 is 2.28 bits per heavy atom. The first kappa shape index (κ1) is 17.7. The first-order valence-corrected chi connectivity index (χ1v) is 8.45. The summed E-state index contributed by atoms with van der Waals surface area (Å²) in [7, 11) is 1.69. The minimum absolute atomic E-state index is 0.678. The van der Waals surface area contributed by atoms with Gasteiger partial charge in [0, 0.05) is 17.1 Å². The third-order valence-electron chi connectivity index (χ3n) is 4.82. The van der Waals surface area contributed by atoms with Gasteiger partial charge in [0.2, 0.25) is 0 Å². The van der Waals surface area contributed by atoms with Gasteiger partial charge in [0.1, 0.15) is 0 Å². The first-order valence-electron chi connectivity index (χ1n) is 8.45. The van der Waals surface area contributed by atoms with E-state index in [2.05, 4.69) is 17.1 Å². The Morgan fingerprint density at radius 1 is 0.920 bits per heavy atom. The monoisotopic (exact) mass is 332 g/mol. The molecule has 1 heterocycles. The SMILES string of the molecule is CC(C)(O)C(C)(C)O[B]c1ccc(-c2nccc3ccccc23)cc1. The lowest BCUT2D eigenvalue weighted by molar-refractivity contribution is -0.0893. The third kappa shape index (κ3) is 3.75. The summed E-state index contributed by atoms with van der Waals surface area (Å²) in [6, 6.07) is 18.4. The van der Waals surface area contributed by atoms with E-state index in [0.29, 0.717) is 0 Å². The van der Waals surface area contributed by atoms with Crippen molar-refractivity contribution in [3.05, 3.63) is 60.8 Å². The molecule has 0 bridgehead atoms. The molecule has 0 aliphatic rings. The van der Waals surface area contributed by atoms with E-state index in [4.69, 9.17) is 4.65 Å². The number of aliphatic hydroxyl groups is 1. The van der Waals surface area contributed by atoms with Crippen LogP contribution in [-0.4, -0.2) is 28.8 Å². The maximum absolute atomic E-state index is 10.2. The second kappa shape index (κ2) is 6.62. The molecule has 1 radical (unpaired) electrons. The molecule has 25 heavy (non-hydrogen) atoms.